The van der Waals surface area contributed by atoms with Crippen molar-refractivity contribution in [1.82, 2.24) is 0 Å². The maximum Gasteiger partial charge on any atom is 0.261 e. The number of amidine groups is 1. The number of anilines is 1. The fourth-order valence-corrected chi connectivity index (χ4v) is 2.96. The van der Waals surface area contributed by atoms with Crippen molar-refractivity contribution < 1.29 is 8.42 Å². The van der Waals surface area contributed by atoms with Gasteiger partial charge < -0.3 is 5.73 Å². The predicted octanol–water partition coefficient (Wildman–Crippen LogP) is 3.37. The molecule has 2 aromatic rings. The zero-order chi connectivity index (χ0) is 16.2. The van der Waals surface area contributed by atoms with Crippen LogP contribution >= 0.6 is 23.2 Å². The van der Waals surface area contributed by atoms with Crippen LogP contribution in [0.2, 0.25) is 5.02 Å². The fraction of sp³-hybridized carbons (Fsp3) is 0.0714. The van der Waals surface area contributed by atoms with Gasteiger partial charge in [0.2, 0.25) is 0 Å². The van der Waals surface area contributed by atoms with E-state index in [4.69, 9.17) is 28.9 Å². The Morgan fingerprint density at radius 2 is 1.86 bits per heavy atom. The van der Waals surface area contributed by atoms with Crippen LogP contribution in [-0.2, 0) is 10.0 Å². The molecule has 3 N–H and O–H groups in total. The lowest BCUT2D eigenvalue weighted by Crippen LogP contribution is -2.13. The number of alkyl halides is 1. The van der Waals surface area contributed by atoms with Crippen LogP contribution in [0, 0.1) is 0 Å². The number of nitrogens with zero attached hydrogens (tertiary/aromatic N) is 1. The maximum atomic E-state index is 12.3. The highest BCUT2D eigenvalue weighted by atomic mass is 35.5. The van der Waals surface area contributed by atoms with Crippen LogP contribution in [0.4, 0.5) is 11.4 Å². The summed E-state index contributed by atoms with van der Waals surface area (Å²) in [4.78, 5) is 4.13. The molecule has 0 saturated heterocycles. The summed E-state index contributed by atoms with van der Waals surface area (Å²) in [5, 5.41) is 0.446. The largest absolute Gasteiger partial charge is 0.386 e. The minimum atomic E-state index is -3.70. The Morgan fingerprint density at radius 3 is 2.45 bits per heavy atom. The summed E-state index contributed by atoms with van der Waals surface area (Å²) >= 11 is 11.4. The van der Waals surface area contributed by atoms with Gasteiger partial charge in [-0.3, -0.25) is 4.72 Å². The van der Waals surface area contributed by atoms with Crippen LogP contribution in [0.25, 0.3) is 0 Å². The summed E-state index contributed by atoms with van der Waals surface area (Å²) in [6, 6.07) is 12.4. The minimum Gasteiger partial charge on any atom is -0.386 e. The lowest BCUT2D eigenvalue weighted by molar-refractivity contribution is 0.601. The number of hydrogen-bond donors (Lipinski definition) is 2. The molecule has 22 heavy (non-hydrogen) atoms. The molecule has 0 amide bonds. The Hall–Kier alpha value is -1.76. The second kappa shape index (κ2) is 7.00. The molecule has 2 aromatic carbocycles. The van der Waals surface area contributed by atoms with Gasteiger partial charge in [-0.05, 0) is 42.5 Å². The first kappa shape index (κ1) is 16.6. The van der Waals surface area contributed by atoms with Gasteiger partial charge in [0, 0.05) is 5.02 Å². The zero-order valence-corrected chi connectivity index (χ0v) is 13.7. The van der Waals surface area contributed by atoms with Crippen LogP contribution in [0.5, 0.6) is 0 Å². The molecule has 5 nitrogen and oxygen atoms in total. The van der Waals surface area contributed by atoms with E-state index in [-0.39, 0.29) is 16.6 Å². The van der Waals surface area contributed by atoms with E-state index >= 15 is 0 Å². The smallest absolute Gasteiger partial charge is 0.261 e. The lowest BCUT2D eigenvalue weighted by atomic mass is 10.3. The Morgan fingerprint density at radius 1 is 1.18 bits per heavy atom. The van der Waals surface area contributed by atoms with E-state index in [2.05, 4.69) is 9.71 Å². The first-order valence-electron chi connectivity index (χ1n) is 6.18. The molecule has 0 unspecified atom stereocenters. The van der Waals surface area contributed by atoms with Crippen LogP contribution in [0.15, 0.2) is 58.4 Å². The summed E-state index contributed by atoms with van der Waals surface area (Å²) < 4.78 is 27.0. The quantitative estimate of drug-likeness (QED) is 0.488. The molecular formula is C14H13Cl2N3O2S. The van der Waals surface area contributed by atoms with Crippen molar-refractivity contribution in [3.05, 3.63) is 53.6 Å². The van der Waals surface area contributed by atoms with E-state index in [1.807, 2.05) is 0 Å². The van der Waals surface area contributed by atoms with E-state index in [9.17, 15) is 8.42 Å². The number of benzene rings is 2. The number of halogens is 2. The Balaban J connectivity index is 2.23. The van der Waals surface area contributed by atoms with Crippen molar-refractivity contribution in [2.45, 2.75) is 4.90 Å². The number of nitrogens with one attached hydrogen (secondary N) is 1. The zero-order valence-electron chi connectivity index (χ0n) is 11.3. The molecule has 0 spiro atoms. The van der Waals surface area contributed by atoms with Crippen molar-refractivity contribution in [3.63, 3.8) is 0 Å². The highest BCUT2D eigenvalue weighted by Gasteiger charge is 2.14. The number of aliphatic imine (C=N–C) groups is 1. The van der Waals surface area contributed by atoms with Crippen molar-refractivity contribution in [2.75, 3.05) is 10.6 Å². The molecule has 0 aliphatic rings. The molecule has 0 aliphatic heterocycles. The monoisotopic (exact) mass is 357 g/mol. The van der Waals surface area contributed by atoms with Crippen LogP contribution in [0.3, 0.4) is 0 Å². The molecule has 0 aliphatic carbocycles. The van der Waals surface area contributed by atoms with Gasteiger partial charge in [0.1, 0.15) is 5.84 Å². The first-order chi connectivity index (χ1) is 10.4. The van der Waals surface area contributed by atoms with Gasteiger partial charge >= 0.3 is 0 Å². The van der Waals surface area contributed by atoms with E-state index in [0.29, 0.717) is 16.4 Å². The van der Waals surface area contributed by atoms with Crippen molar-refractivity contribution in [3.8, 4) is 0 Å². The van der Waals surface area contributed by atoms with Crippen molar-refractivity contribution in [1.29, 1.82) is 0 Å². The normalized spacial score (nSPS) is 12.2. The number of sulfonamides is 1. The second-order valence-corrected chi connectivity index (χ2v) is 6.73. The molecule has 0 atom stereocenters. The van der Waals surface area contributed by atoms with E-state index in [0.717, 1.165) is 0 Å². The maximum absolute atomic E-state index is 12.3. The van der Waals surface area contributed by atoms with E-state index in [1.165, 1.54) is 18.2 Å². The van der Waals surface area contributed by atoms with Gasteiger partial charge in [-0.2, -0.15) is 0 Å². The molecular weight excluding hydrogens is 345 g/mol. The standard InChI is InChI=1S/C14H13Cl2N3O2S/c15-9-14(17)18-11-4-6-13(7-5-11)22(20,21)19-12-3-1-2-10(16)8-12/h1-8,19H,9H2,(H2,17,18). The van der Waals surface area contributed by atoms with Crippen LogP contribution in [-0.4, -0.2) is 20.1 Å². The van der Waals surface area contributed by atoms with Gasteiger partial charge in [0.15, 0.2) is 0 Å². The van der Waals surface area contributed by atoms with Gasteiger partial charge in [-0.15, -0.1) is 11.6 Å². The second-order valence-electron chi connectivity index (χ2n) is 4.35. The van der Waals surface area contributed by atoms with Crippen LogP contribution < -0.4 is 10.5 Å². The minimum absolute atomic E-state index is 0.107. The predicted molar refractivity (Wildman–Crippen MR) is 90.7 cm³/mol. The summed E-state index contributed by atoms with van der Waals surface area (Å²) in [7, 11) is -3.70. The molecule has 0 radical (unpaired) electrons. The van der Waals surface area contributed by atoms with Gasteiger partial charge in [0.05, 0.1) is 22.2 Å². The van der Waals surface area contributed by atoms with Gasteiger partial charge in [-0.25, -0.2) is 13.4 Å². The van der Waals surface area contributed by atoms with Crippen LogP contribution in [0.1, 0.15) is 0 Å². The van der Waals surface area contributed by atoms with Crippen molar-refractivity contribution in [2.24, 2.45) is 10.7 Å². The van der Waals surface area contributed by atoms with E-state index < -0.39 is 10.0 Å². The molecule has 0 aromatic heterocycles. The SMILES string of the molecule is NC(CCl)=Nc1ccc(S(=O)(=O)Nc2cccc(Cl)c2)cc1. The average molecular weight is 358 g/mol. The summed E-state index contributed by atoms with van der Waals surface area (Å²) in [6.07, 6.45) is 0. The van der Waals surface area contributed by atoms with Gasteiger partial charge in [-0.1, -0.05) is 17.7 Å². The third-order valence-electron chi connectivity index (χ3n) is 2.63. The topological polar surface area (TPSA) is 84.5 Å². The molecule has 8 heteroatoms. The summed E-state index contributed by atoms with van der Waals surface area (Å²) in [6.45, 7) is 0. The Labute approximate surface area is 138 Å². The first-order valence-corrected chi connectivity index (χ1v) is 8.58. The summed E-state index contributed by atoms with van der Waals surface area (Å²) in [5.74, 6) is 0.366. The Kier molecular flexibility index (Phi) is 5.28. The molecule has 2 rings (SSSR count). The average Bonchev–Trinajstić information content (AvgIpc) is 2.47. The lowest BCUT2D eigenvalue weighted by Gasteiger charge is -2.08. The van der Waals surface area contributed by atoms with E-state index in [1.54, 1.807) is 30.3 Å². The third kappa shape index (κ3) is 4.37. The fourth-order valence-electron chi connectivity index (χ4n) is 1.66. The third-order valence-corrected chi connectivity index (χ3v) is 4.54. The number of hydrogen-bond acceptors (Lipinski definition) is 3. The number of rotatable bonds is 5. The van der Waals surface area contributed by atoms with Crippen molar-refractivity contribution >= 4 is 50.4 Å². The molecule has 0 bridgehead atoms. The Bertz CT molecular complexity index is 790. The highest BCUT2D eigenvalue weighted by Crippen LogP contribution is 2.21. The molecule has 0 heterocycles. The molecule has 0 fully saturated rings. The molecule has 116 valence electrons. The molecule has 0 saturated carbocycles. The number of nitrogens with two attached hydrogens (primary N) is 1. The van der Waals surface area contributed by atoms with Gasteiger partial charge in [0.25, 0.3) is 10.0 Å². The highest BCUT2D eigenvalue weighted by molar-refractivity contribution is 7.92. The summed E-state index contributed by atoms with van der Waals surface area (Å²) in [5.41, 5.74) is 6.44.